The number of anilines is 2. The number of aryl methyl sites for hydroxylation is 1. The van der Waals surface area contributed by atoms with Crippen molar-refractivity contribution < 1.29 is 0 Å². The first-order chi connectivity index (χ1) is 12.6. The molecule has 3 unspecified atom stereocenters. The zero-order chi connectivity index (χ0) is 18.1. The van der Waals surface area contributed by atoms with Crippen LogP contribution in [0.2, 0.25) is 0 Å². The summed E-state index contributed by atoms with van der Waals surface area (Å²) >= 11 is 0. The molecule has 4 heteroatoms. The van der Waals surface area contributed by atoms with E-state index in [0.29, 0.717) is 11.5 Å². The van der Waals surface area contributed by atoms with Crippen molar-refractivity contribution in [2.24, 2.45) is 5.92 Å². The zero-order valence-corrected chi connectivity index (χ0v) is 16.2. The molecule has 2 fully saturated rings. The minimum Gasteiger partial charge on any atom is -0.339 e. The van der Waals surface area contributed by atoms with Gasteiger partial charge in [0.25, 0.3) is 0 Å². The highest BCUT2D eigenvalue weighted by atomic mass is 15.1. The fraction of sp³-hybridized carbons (Fsp3) is 0.545. The number of nitrogens with zero attached hydrogens (tertiary/aromatic N) is 3. The van der Waals surface area contributed by atoms with Crippen LogP contribution in [0.5, 0.6) is 0 Å². The minimum absolute atomic E-state index is 0.328. The van der Waals surface area contributed by atoms with Gasteiger partial charge in [-0.15, -0.1) is 0 Å². The lowest BCUT2D eigenvalue weighted by Crippen LogP contribution is -2.55. The maximum absolute atomic E-state index is 4.36. The minimum atomic E-state index is 0.328. The average molecular weight is 351 g/mol. The third-order valence-electron chi connectivity index (χ3n) is 6.90. The Bertz CT molecular complexity index is 760. The van der Waals surface area contributed by atoms with Crippen molar-refractivity contribution in [3.63, 3.8) is 0 Å². The van der Waals surface area contributed by atoms with Crippen molar-refractivity contribution in [1.82, 2.24) is 14.9 Å². The van der Waals surface area contributed by atoms with Crippen LogP contribution in [-0.4, -0.2) is 34.5 Å². The number of benzene rings is 1. The van der Waals surface area contributed by atoms with Gasteiger partial charge >= 0.3 is 0 Å². The second-order valence-corrected chi connectivity index (χ2v) is 8.22. The van der Waals surface area contributed by atoms with E-state index in [-0.39, 0.29) is 0 Å². The zero-order valence-electron chi connectivity index (χ0n) is 16.2. The molecule has 26 heavy (non-hydrogen) atoms. The lowest BCUT2D eigenvalue weighted by Gasteiger charge is -2.54. The highest BCUT2D eigenvalue weighted by Gasteiger charge is 2.48. The first-order valence-corrected chi connectivity index (χ1v) is 9.94. The second kappa shape index (κ2) is 6.99. The predicted octanol–water partition coefficient (Wildman–Crippen LogP) is 4.68. The number of hydrogen-bond donors (Lipinski definition) is 1. The molecule has 0 bridgehead atoms. The summed E-state index contributed by atoms with van der Waals surface area (Å²) in [5.74, 6) is 1.55. The van der Waals surface area contributed by atoms with E-state index in [4.69, 9.17) is 0 Å². The third kappa shape index (κ3) is 3.01. The van der Waals surface area contributed by atoms with Gasteiger partial charge in [-0.25, -0.2) is 4.98 Å². The van der Waals surface area contributed by atoms with Gasteiger partial charge in [0.15, 0.2) is 0 Å². The van der Waals surface area contributed by atoms with Gasteiger partial charge in [0.1, 0.15) is 5.82 Å². The van der Waals surface area contributed by atoms with E-state index in [1.54, 1.807) is 24.2 Å². The quantitative estimate of drug-likeness (QED) is 0.872. The van der Waals surface area contributed by atoms with Gasteiger partial charge in [-0.05, 0) is 75.9 Å². The standard InChI is InChI=1S/C22H30N4/c1-16-7-8-18(25-21-15-23-11-12-24-21)14-20(16)22-9-5-4-6-19(22)17(2)26(3)13-10-22/h7-8,11-12,14-15,17,19H,4-6,9-10,13H2,1-3H3,(H,24,25). The van der Waals surface area contributed by atoms with Crippen LogP contribution in [0.3, 0.4) is 0 Å². The summed E-state index contributed by atoms with van der Waals surface area (Å²) in [6, 6.07) is 7.48. The molecule has 3 atom stereocenters. The van der Waals surface area contributed by atoms with Crippen LogP contribution in [0.15, 0.2) is 36.8 Å². The van der Waals surface area contributed by atoms with Gasteiger partial charge in [-0.2, -0.15) is 0 Å². The normalized spacial score (nSPS) is 29.2. The number of rotatable bonds is 3. The van der Waals surface area contributed by atoms with Crippen LogP contribution in [0.1, 0.15) is 50.2 Å². The number of piperidine rings is 1. The summed E-state index contributed by atoms with van der Waals surface area (Å²) < 4.78 is 0. The van der Waals surface area contributed by atoms with Gasteiger partial charge < -0.3 is 10.2 Å². The molecule has 1 saturated carbocycles. The number of fused-ring (bicyclic) bond motifs is 1. The Morgan fingerprint density at radius 2 is 2.08 bits per heavy atom. The molecular formula is C22H30N4. The molecule has 1 aromatic carbocycles. The van der Waals surface area contributed by atoms with Crippen molar-refractivity contribution in [2.45, 2.75) is 57.4 Å². The molecule has 1 saturated heterocycles. The van der Waals surface area contributed by atoms with E-state index in [2.05, 4.69) is 59.3 Å². The van der Waals surface area contributed by atoms with Gasteiger partial charge in [0.05, 0.1) is 6.20 Å². The molecule has 0 spiro atoms. The van der Waals surface area contributed by atoms with E-state index in [0.717, 1.165) is 17.4 Å². The monoisotopic (exact) mass is 350 g/mol. The van der Waals surface area contributed by atoms with Crippen LogP contribution in [0.25, 0.3) is 0 Å². The maximum Gasteiger partial charge on any atom is 0.148 e. The number of nitrogens with one attached hydrogen (secondary N) is 1. The molecule has 2 aliphatic rings. The number of likely N-dealkylation sites (tertiary alicyclic amines) is 1. The van der Waals surface area contributed by atoms with Crippen molar-refractivity contribution >= 4 is 11.5 Å². The van der Waals surface area contributed by atoms with E-state index in [9.17, 15) is 0 Å². The number of hydrogen-bond acceptors (Lipinski definition) is 4. The van der Waals surface area contributed by atoms with Gasteiger partial charge in [-0.1, -0.05) is 18.9 Å². The van der Waals surface area contributed by atoms with Crippen molar-refractivity contribution in [3.05, 3.63) is 47.9 Å². The molecule has 1 N–H and O–H groups in total. The average Bonchev–Trinajstić information content (AvgIpc) is 2.67. The Morgan fingerprint density at radius 1 is 1.19 bits per heavy atom. The lowest BCUT2D eigenvalue weighted by molar-refractivity contribution is 0.0226. The summed E-state index contributed by atoms with van der Waals surface area (Å²) in [5.41, 5.74) is 4.43. The van der Waals surface area contributed by atoms with Gasteiger partial charge in [0.2, 0.25) is 0 Å². The van der Waals surface area contributed by atoms with Crippen molar-refractivity contribution in [3.8, 4) is 0 Å². The Hall–Kier alpha value is -1.94. The molecule has 0 radical (unpaired) electrons. The molecule has 1 aliphatic carbocycles. The summed E-state index contributed by atoms with van der Waals surface area (Å²) in [5, 5.41) is 3.44. The first-order valence-electron chi connectivity index (χ1n) is 9.94. The highest BCUT2D eigenvalue weighted by molar-refractivity contribution is 5.58. The van der Waals surface area contributed by atoms with Crippen molar-refractivity contribution in [2.75, 3.05) is 18.9 Å². The maximum atomic E-state index is 4.36. The van der Waals surface area contributed by atoms with Crippen LogP contribution in [-0.2, 0) is 5.41 Å². The van der Waals surface area contributed by atoms with E-state index >= 15 is 0 Å². The summed E-state index contributed by atoms with van der Waals surface area (Å²) in [6.45, 7) is 5.91. The molecule has 2 heterocycles. The molecule has 4 rings (SSSR count). The lowest BCUT2D eigenvalue weighted by atomic mass is 9.56. The fourth-order valence-corrected chi connectivity index (χ4v) is 5.38. The summed E-state index contributed by atoms with van der Waals surface area (Å²) in [7, 11) is 2.29. The highest BCUT2D eigenvalue weighted by Crippen LogP contribution is 2.52. The molecule has 138 valence electrons. The molecule has 1 aromatic heterocycles. The van der Waals surface area contributed by atoms with Crippen LogP contribution < -0.4 is 5.32 Å². The van der Waals surface area contributed by atoms with E-state index < -0.39 is 0 Å². The molecular weight excluding hydrogens is 320 g/mol. The first kappa shape index (κ1) is 17.5. The molecule has 1 aliphatic heterocycles. The van der Waals surface area contributed by atoms with Crippen LogP contribution >= 0.6 is 0 Å². The van der Waals surface area contributed by atoms with Crippen LogP contribution in [0, 0.1) is 12.8 Å². The smallest absolute Gasteiger partial charge is 0.148 e. The Labute approximate surface area is 157 Å². The Kier molecular flexibility index (Phi) is 4.70. The van der Waals surface area contributed by atoms with E-state index in [1.165, 1.54) is 44.2 Å². The fourth-order valence-electron chi connectivity index (χ4n) is 5.38. The Morgan fingerprint density at radius 3 is 2.88 bits per heavy atom. The second-order valence-electron chi connectivity index (χ2n) is 8.22. The Balaban J connectivity index is 1.72. The van der Waals surface area contributed by atoms with E-state index in [1.807, 2.05) is 0 Å². The SMILES string of the molecule is Cc1ccc(Nc2cnccn2)cc1C12CCCCC1C(C)N(C)CC2. The predicted molar refractivity (Wildman–Crippen MR) is 107 cm³/mol. The summed E-state index contributed by atoms with van der Waals surface area (Å²) in [6.07, 6.45) is 11.9. The van der Waals surface area contributed by atoms with Gasteiger partial charge in [-0.3, -0.25) is 4.98 Å². The largest absolute Gasteiger partial charge is 0.339 e. The van der Waals surface area contributed by atoms with Gasteiger partial charge in [0, 0.05) is 29.5 Å². The van der Waals surface area contributed by atoms with Crippen molar-refractivity contribution in [1.29, 1.82) is 0 Å². The molecule has 0 amide bonds. The molecule has 4 nitrogen and oxygen atoms in total. The third-order valence-corrected chi connectivity index (χ3v) is 6.90. The number of aromatic nitrogens is 2. The molecule has 2 aromatic rings. The van der Waals surface area contributed by atoms with Crippen LogP contribution in [0.4, 0.5) is 11.5 Å². The topological polar surface area (TPSA) is 41.1 Å². The summed E-state index contributed by atoms with van der Waals surface area (Å²) in [4.78, 5) is 11.1.